The number of ether oxygens (including phenoxy) is 3. The van der Waals surface area contributed by atoms with Gasteiger partial charge in [-0.25, -0.2) is 0 Å². The third-order valence-electron chi connectivity index (χ3n) is 6.12. The number of carbonyl (C=O) groups excluding carboxylic acids is 1. The van der Waals surface area contributed by atoms with Crippen molar-refractivity contribution in [2.24, 2.45) is 0 Å². The van der Waals surface area contributed by atoms with Crippen molar-refractivity contribution in [1.29, 1.82) is 0 Å². The van der Waals surface area contributed by atoms with Crippen molar-refractivity contribution in [2.75, 3.05) is 19.8 Å². The average molecular weight is 471 g/mol. The predicted molar refractivity (Wildman–Crippen MR) is 134 cm³/mol. The largest absolute Gasteiger partial charge is 0.490 e. The molecule has 0 aliphatic carbocycles. The van der Waals surface area contributed by atoms with Gasteiger partial charge in [0.05, 0.1) is 24.2 Å². The van der Waals surface area contributed by atoms with E-state index in [0.29, 0.717) is 70.3 Å². The maximum atomic E-state index is 13.6. The molecule has 3 aromatic carbocycles. The number of benzene rings is 3. The van der Waals surface area contributed by atoms with Crippen LogP contribution < -0.4 is 19.6 Å². The predicted octanol–water partition coefficient (Wildman–Crippen LogP) is 5.75. The van der Waals surface area contributed by atoms with E-state index in [0.717, 1.165) is 12.0 Å². The van der Waals surface area contributed by atoms with Gasteiger partial charge in [0.1, 0.15) is 17.1 Å². The second-order valence-corrected chi connectivity index (χ2v) is 8.46. The van der Waals surface area contributed by atoms with Crippen molar-refractivity contribution >= 4 is 16.8 Å². The molecule has 5 rings (SSSR count). The Hall–Kier alpha value is -4.06. The van der Waals surface area contributed by atoms with Crippen LogP contribution in [-0.4, -0.2) is 25.6 Å². The van der Waals surface area contributed by atoms with Crippen molar-refractivity contribution in [3.05, 3.63) is 87.8 Å². The lowest BCUT2D eigenvalue weighted by Crippen LogP contribution is -2.13. The van der Waals surface area contributed by atoms with Gasteiger partial charge >= 0.3 is 0 Å². The normalized spacial score (nSPS) is 12.9. The van der Waals surface area contributed by atoms with E-state index in [-0.39, 0.29) is 17.8 Å². The van der Waals surface area contributed by atoms with Gasteiger partial charge in [-0.3, -0.25) is 9.59 Å². The molecule has 0 fully saturated rings. The van der Waals surface area contributed by atoms with Crippen LogP contribution in [-0.2, 0) is 6.42 Å². The third kappa shape index (κ3) is 4.52. The zero-order chi connectivity index (χ0) is 24.4. The second kappa shape index (κ2) is 9.66. The highest BCUT2D eigenvalue weighted by Crippen LogP contribution is 2.35. The Balaban J connectivity index is 1.51. The fourth-order valence-corrected chi connectivity index (χ4v) is 4.29. The van der Waals surface area contributed by atoms with Gasteiger partial charge in [-0.2, -0.15) is 0 Å². The first kappa shape index (κ1) is 22.7. The lowest BCUT2D eigenvalue weighted by Gasteiger charge is -2.14. The molecule has 0 spiro atoms. The van der Waals surface area contributed by atoms with Gasteiger partial charge < -0.3 is 18.6 Å². The maximum Gasteiger partial charge on any atom is 0.200 e. The Labute approximate surface area is 203 Å². The lowest BCUT2D eigenvalue weighted by molar-refractivity contribution is 0.0921. The number of Topliss-reactive ketones (excluding diaryl/α,β-unsaturated/α-hetero) is 1. The van der Waals surface area contributed by atoms with Crippen LogP contribution in [0.4, 0.5) is 0 Å². The van der Waals surface area contributed by atoms with E-state index < -0.39 is 0 Å². The van der Waals surface area contributed by atoms with E-state index in [4.69, 9.17) is 18.6 Å². The minimum Gasteiger partial charge on any atom is -0.490 e. The first-order valence-corrected chi connectivity index (χ1v) is 11.8. The number of aryl methyl sites for hydroxylation is 2. The van der Waals surface area contributed by atoms with Crippen LogP contribution in [0.3, 0.4) is 0 Å². The smallest absolute Gasteiger partial charge is 0.200 e. The Morgan fingerprint density at radius 2 is 1.74 bits per heavy atom. The van der Waals surface area contributed by atoms with Crippen molar-refractivity contribution in [3.63, 3.8) is 0 Å². The van der Waals surface area contributed by atoms with Gasteiger partial charge in [0.2, 0.25) is 5.43 Å². The van der Waals surface area contributed by atoms with Crippen LogP contribution in [0.1, 0.15) is 35.0 Å². The van der Waals surface area contributed by atoms with Crippen LogP contribution in [0.5, 0.6) is 17.2 Å². The molecule has 0 bridgehead atoms. The number of rotatable bonds is 6. The molecule has 0 saturated heterocycles. The van der Waals surface area contributed by atoms with Crippen LogP contribution >= 0.6 is 0 Å². The highest BCUT2D eigenvalue weighted by atomic mass is 16.5. The summed E-state index contributed by atoms with van der Waals surface area (Å²) in [5, 5.41) is 0.469. The van der Waals surface area contributed by atoms with Gasteiger partial charge in [0, 0.05) is 18.1 Å². The Kier molecular flexibility index (Phi) is 6.27. The molecular formula is C29H26O6. The standard InChI is InChI=1S/C29H26O6/c1-3-19-14-22-26(16-25(19)34-17-23(30)20-8-5-4-6-9-20)35-18(2)28(29(22)31)21-10-11-24-27(15-21)33-13-7-12-32-24/h4-6,8-11,14-16H,3,7,12-13,17H2,1-2H3. The monoisotopic (exact) mass is 470 g/mol. The molecule has 1 aliphatic heterocycles. The van der Waals surface area contributed by atoms with Crippen LogP contribution in [0.15, 0.2) is 69.9 Å². The van der Waals surface area contributed by atoms with E-state index in [1.165, 1.54) is 0 Å². The number of fused-ring (bicyclic) bond motifs is 2. The number of ketones is 1. The maximum absolute atomic E-state index is 13.6. The SMILES string of the molecule is CCc1cc2c(=O)c(-c3ccc4c(c3)OCCCO4)c(C)oc2cc1OCC(=O)c1ccccc1. The molecule has 6 heteroatoms. The summed E-state index contributed by atoms with van der Waals surface area (Å²) in [5.41, 5.74) is 2.93. The Morgan fingerprint density at radius 1 is 0.971 bits per heavy atom. The minimum atomic E-state index is -0.125. The molecule has 178 valence electrons. The third-order valence-corrected chi connectivity index (χ3v) is 6.12. The molecule has 35 heavy (non-hydrogen) atoms. The highest BCUT2D eigenvalue weighted by Gasteiger charge is 2.19. The molecule has 0 radical (unpaired) electrons. The van der Waals surface area contributed by atoms with Crippen molar-refractivity contribution < 1.29 is 23.4 Å². The number of hydrogen-bond acceptors (Lipinski definition) is 6. The molecule has 4 aromatic rings. The fourth-order valence-electron chi connectivity index (χ4n) is 4.29. The number of carbonyl (C=O) groups is 1. The van der Waals surface area contributed by atoms with Crippen molar-refractivity contribution in [3.8, 4) is 28.4 Å². The van der Waals surface area contributed by atoms with Crippen molar-refractivity contribution in [1.82, 2.24) is 0 Å². The molecule has 1 aliphatic rings. The van der Waals surface area contributed by atoms with E-state index in [9.17, 15) is 9.59 Å². The van der Waals surface area contributed by atoms with Crippen LogP contribution in [0.2, 0.25) is 0 Å². The Bertz CT molecular complexity index is 1450. The van der Waals surface area contributed by atoms with Gasteiger partial charge in [-0.15, -0.1) is 0 Å². The summed E-state index contributed by atoms with van der Waals surface area (Å²) in [5.74, 6) is 2.21. The Morgan fingerprint density at radius 3 is 2.51 bits per heavy atom. The quantitative estimate of drug-likeness (QED) is 0.334. The van der Waals surface area contributed by atoms with Crippen LogP contribution in [0.25, 0.3) is 22.1 Å². The molecule has 6 nitrogen and oxygen atoms in total. The topological polar surface area (TPSA) is 75.0 Å². The zero-order valence-electron chi connectivity index (χ0n) is 19.8. The molecule has 0 atom stereocenters. The van der Waals surface area contributed by atoms with Gasteiger partial charge in [-0.1, -0.05) is 43.3 Å². The molecule has 0 N–H and O–H groups in total. The molecule has 1 aromatic heterocycles. The second-order valence-electron chi connectivity index (χ2n) is 8.46. The summed E-state index contributed by atoms with van der Waals surface area (Å²) in [7, 11) is 0. The molecule has 0 saturated carbocycles. The molecular weight excluding hydrogens is 444 g/mol. The minimum absolute atomic E-state index is 0.0962. The van der Waals surface area contributed by atoms with E-state index >= 15 is 0 Å². The molecule has 2 heterocycles. The summed E-state index contributed by atoms with van der Waals surface area (Å²) in [4.78, 5) is 26.1. The average Bonchev–Trinajstić information content (AvgIpc) is 3.12. The summed E-state index contributed by atoms with van der Waals surface area (Å²) in [6.45, 7) is 4.82. The molecule has 0 amide bonds. The summed E-state index contributed by atoms with van der Waals surface area (Å²) >= 11 is 0. The zero-order valence-corrected chi connectivity index (χ0v) is 19.8. The number of hydrogen-bond donors (Lipinski definition) is 0. The first-order valence-electron chi connectivity index (χ1n) is 11.8. The highest BCUT2D eigenvalue weighted by molar-refractivity contribution is 5.97. The van der Waals surface area contributed by atoms with Crippen molar-refractivity contribution in [2.45, 2.75) is 26.7 Å². The van der Waals surface area contributed by atoms with Gasteiger partial charge in [-0.05, 0) is 42.7 Å². The fraction of sp³-hybridized carbons (Fsp3) is 0.241. The molecule has 0 unspecified atom stereocenters. The van der Waals surface area contributed by atoms with E-state index in [2.05, 4.69) is 0 Å². The first-order chi connectivity index (χ1) is 17.0. The van der Waals surface area contributed by atoms with Crippen LogP contribution in [0, 0.1) is 6.92 Å². The summed E-state index contributed by atoms with van der Waals surface area (Å²) < 4.78 is 23.5. The van der Waals surface area contributed by atoms with E-state index in [1.54, 1.807) is 31.2 Å². The summed E-state index contributed by atoms with van der Waals surface area (Å²) in [6, 6.07) is 18.0. The van der Waals surface area contributed by atoms with Gasteiger partial charge in [0.15, 0.2) is 23.9 Å². The van der Waals surface area contributed by atoms with Gasteiger partial charge in [0.25, 0.3) is 0 Å². The lowest BCUT2D eigenvalue weighted by atomic mass is 10.0. The summed E-state index contributed by atoms with van der Waals surface area (Å²) in [6.07, 6.45) is 1.44. The van der Waals surface area contributed by atoms with E-state index in [1.807, 2.05) is 43.3 Å².